The first kappa shape index (κ1) is 18.0. The van der Waals surface area contributed by atoms with E-state index in [1.54, 1.807) is 0 Å². The zero-order valence-corrected chi connectivity index (χ0v) is 15.9. The summed E-state index contributed by atoms with van der Waals surface area (Å²) in [6.45, 7) is 9.50. The number of ether oxygens (including phenoxy) is 1. The number of aryl methyl sites for hydroxylation is 1. The van der Waals surface area contributed by atoms with Crippen LogP contribution in [-0.2, 0) is 4.74 Å². The minimum atomic E-state index is -0.542. The van der Waals surface area contributed by atoms with Crippen molar-refractivity contribution < 1.29 is 9.53 Å². The SMILES string of the molecule is Cc1cccc2c1nc(C(C)NC(=O)OC(C)(C)C)n2-c1ccccc1. The van der Waals surface area contributed by atoms with E-state index >= 15 is 0 Å². The maximum absolute atomic E-state index is 12.2. The van der Waals surface area contributed by atoms with Gasteiger partial charge < -0.3 is 10.1 Å². The lowest BCUT2D eigenvalue weighted by Crippen LogP contribution is -2.34. The van der Waals surface area contributed by atoms with Crippen LogP contribution in [-0.4, -0.2) is 21.2 Å². The van der Waals surface area contributed by atoms with Crippen molar-refractivity contribution in [3.63, 3.8) is 0 Å². The number of hydrogen-bond acceptors (Lipinski definition) is 3. The molecule has 1 N–H and O–H groups in total. The van der Waals surface area contributed by atoms with Crippen LogP contribution in [0.4, 0.5) is 4.79 Å². The number of rotatable bonds is 3. The molecular weight excluding hydrogens is 326 g/mol. The Labute approximate surface area is 154 Å². The molecule has 1 heterocycles. The van der Waals surface area contributed by atoms with Gasteiger partial charge in [-0.3, -0.25) is 4.57 Å². The lowest BCUT2D eigenvalue weighted by atomic mass is 10.2. The fourth-order valence-corrected chi connectivity index (χ4v) is 2.95. The molecule has 1 unspecified atom stereocenters. The van der Waals surface area contributed by atoms with Crippen molar-refractivity contribution in [2.75, 3.05) is 0 Å². The Bertz CT molecular complexity index is 924. The Kier molecular flexibility index (Phi) is 4.72. The van der Waals surface area contributed by atoms with Gasteiger partial charge in [0.15, 0.2) is 0 Å². The molecule has 5 heteroatoms. The van der Waals surface area contributed by atoms with E-state index in [0.717, 1.165) is 28.1 Å². The van der Waals surface area contributed by atoms with E-state index in [9.17, 15) is 4.79 Å². The highest BCUT2D eigenvalue weighted by Crippen LogP contribution is 2.27. The van der Waals surface area contributed by atoms with Gasteiger partial charge in [-0.25, -0.2) is 9.78 Å². The standard InChI is InChI=1S/C21H25N3O2/c1-14-10-9-13-17-18(14)23-19(24(17)16-11-7-6-8-12-16)15(2)22-20(25)26-21(3,4)5/h6-13,15H,1-5H3,(H,22,25). The number of imidazole rings is 1. The predicted octanol–water partition coefficient (Wildman–Crippen LogP) is 4.92. The minimum Gasteiger partial charge on any atom is -0.444 e. The summed E-state index contributed by atoms with van der Waals surface area (Å²) < 4.78 is 7.47. The van der Waals surface area contributed by atoms with E-state index in [2.05, 4.69) is 9.88 Å². The number of benzene rings is 2. The predicted molar refractivity (Wildman–Crippen MR) is 104 cm³/mol. The van der Waals surface area contributed by atoms with Crippen molar-refractivity contribution in [3.8, 4) is 5.69 Å². The Morgan fingerprint density at radius 1 is 1.12 bits per heavy atom. The number of nitrogens with one attached hydrogen (secondary N) is 1. The summed E-state index contributed by atoms with van der Waals surface area (Å²) in [5, 5.41) is 2.90. The molecule has 26 heavy (non-hydrogen) atoms. The van der Waals surface area contributed by atoms with Gasteiger partial charge in [0, 0.05) is 5.69 Å². The summed E-state index contributed by atoms with van der Waals surface area (Å²) in [7, 11) is 0. The number of carbonyl (C=O) groups excluding carboxylic acids is 1. The van der Waals surface area contributed by atoms with Crippen LogP contribution >= 0.6 is 0 Å². The van der Waals surface area contributed by atoms with Gasteiger partial charge >= 0.3 is 6.09 Å². The number of alkyl carbamates (subject to hydrolysis) is 1. The number of para-hydroxylation sites is 2. The van der Waals surface area contributed by atoms with Crippen molar-refractivity contribution in [2.45, 2.75) is 46.3 Å². The van der Waals surface area contributed by atoms with Crippen molar-refractivity contribution in [2.24, 2.45) is 0 Å². The first-order valence-corrected chi connectivity index (χ1v) is 8.79. The zero-order valence-electron chi connectivity index (χ0n) is 15.9. The maximum Gasteiger partial charge on any atom is 0.408 e. The number of amides is 1. The van der Waals surface area contributed by atoms with Crippen molar-refractivity contribution >= 4 is 17.1 Å². The molecule has 3 aromatic rings. The van der Waals surface area contributed by atoms with Crippen LogP contribution < -0.4 is 5.32 Å². The summed E-state index contributed by atoms with van der Waals surface area (Å²) in [6.07, 6.45) is -0.451. The van der Waals surface area contributed by atoms with Crippen LogP contribution in [0.15, 0.2) is 48.5 Å². The summed E-state index contributed by atoms with van der Waals surface area (Å²) in [6, 6.07) is 15.8. The first-order valence-electron chi connectivity index (χ1n) is 8.79. The molecule has 2 aromatic carbocycles. The fraction of sp³-hybridized carbons (Fsp3) is 0.333. The van der Waals surface area contributed by atoms with E-state index in [1.165, 1.54) is 0 Å². The Morgan fingerprint density at radius 3 is 2.46 bits per heavy atom. The fourth-order valence-electron chi connectivity index (χ4n) is 2.95. The van der Waals surface area contributed by atoms with E-state index in [0.29, 0.717) is 0 Å². The van der Waals surface area contributed by atoms with Crippen LogP contribution in [0.3, 0.4) is 0 Å². The van der Waals surface area contributed by atoms with Gasteiger partial charge in [-0.05, 0) is 58.4 Å². The Hall–Kier alpha value is -2.82. The molecule has 0 saturated carbocycles. The molecule has 1 aromatic heterocycles. The molecule has 0 saturated heterocycles. The summed E-state index contributed by atoms with van der Waals surface area (Å²) >= 11 is 0. The zero-order chi connectivity index (χ0) is 18.9. The molecule has 0 spiro atoms. The highest BCUT2D eigenvalue weighted by molar-refractivity contribution is 5.81. The van der Waals surface area contributed by atoms with Gasteiger partial charge in [0.05, 0.1) is 17.1 Å². The van der Waals surface area contributed by atoms with Gasteiger partial charge in [-0.1, -0.05) is 30.3 Å². The van der Waals surface area contributed by atoms with Crippen molar-refractivity contribution in [1.82, 2.24) is 14.9 Å². The molecular formula is C21H25N3O2. The largest absolute Gasteiger partial charge is 0.444 e. The molecule has 0 bridgehead atoms. The third-order valence-electron chi connectivity index (χ3n) is 4.05. The molecule has 3 rings (SSSR count). The van der Waals surface area contributed by atoms with Crippen molar-refractivity contribution in [3.05, 3.63) is 59.9 Å². The monoisotopic (exact) mass is 351 g/mol. The van der Waals surface area contributed by atoms with Crippen LogP contribution in [0.1, 0.15) is 45.1 Å². The van der Waals surface area contributed by atoms with E-state index in [-0.39, 0.29) is 6.04 Å². The average molecular weight is 351 g/mol. The average Bonchev–Trinajstić information content (AvgIpc) is 2.95. The quantitative estimate of drug-likeness (QED) is 0.729. The highest BCUT2D eigenvalue weighted by Gasteiger charge is 2.23. The topological polar surface area (TPSA) is 56.1 Å². The van der Waals surface area contributed by atoms with Gasteiger partial charge in [0.1, 0.15) is 11.4 Å². The summed E-state index contributed by atoms with van der Waals surface area (Å²) in [4.78, 5) is 17.0. The highest BCUT2D eigenvalue weighted by atomic mass is 16.6. The Morgan fingerprint density at radius 2 is 1.81 bits per heavy atom. The molecule has 0 radical (unpaired) electrons. The second-order valence-corrected chi connectivity index (χ2v) is 7.45. The van der Waals surface area contributed by atoms with E-state index < -0.39 is 11.7 Å². The summed E-state index contributed by atoms with van der Waals surface area (Å²) in [5.74, 6) is 0.770. The third kappa shape index (κ3) is 3.72. The van der Waals surface area contributed by atoms with Gasteiger partial charge in [-0.2, -0.15) is 0 Å². The molecule has 0 fully saturated rings. The molecule has 1 amide bonds. The Balaban J connectivity index is 2.05. The van der Waals surface area contributed by atoms with Crippen LogP contribution in [0.5, 0.6) is 0 Å². The van der Waals surface area contributed by atoms with E-state index in [1.807, 2.05) is 83.1 Å². The molecule has 0 aliphatic heterocycles. The van der Waals surface area contributed by atoms with Crippen LogP contribution in [0.25, 0.3) is 16.7 Å². The van der Waals surface area contributed by atoms with Gasteiger partial charge in [0.25, 0.3) is 0 Å². The maximum atomic E-state index is 12.2. The third-order valence-corrected chi connectivity index (χ3v) is 4.05. The van der Waals surface area contributed by atoms with Gasteiger partial charge in [0.2, 0.25) is 0 Å². The number of hydrogen-bond donors (Lipinski definition) is 1. The van der Waals surface area contributed by atoms with Crippen LogP contribution in [0, 0.1) is 6.92 Å². The molecule has 0 aliphatic carbocycles. The van der Waals surface area contributed by atoms with Gasteiger partial charge in [-0.15, -0.1) is 0 Å². The van der Waals surface area contributed by atoms with Crippen LogP contribution in [0.2, 0.25) is 0 Å². The summed E-state index contributed by atoms with van der Waals surface area (Å²) in [5.41, 5.74) is 3.52. The number of carbonyl (C=O) groups is 1. The molecule has 136 valence electrons. The molecule has 5 nitrogen and oxygen atoms in total. The van der Waals surface area contributed by atoms with Crippen molar-refractivity contribution in [1.29, 1.82) is 0 Å². The lowest BCUT2D eigenvalue weighted by Gasteiger charge is -2.22. The second-order valence-electron chi connectivity index (χ2n) is 7.45. The lowest BCUT2D eigenvalue weighted by molar-refractivity contribution is 0.0505. The smallest absolute Gasteiger partial charge is 0.408 e. The molecule has 1 atom stereocenters. The number of aromatic nitrogens is 2. The number of fused-ring (bicyclic) bond motifs is 1. The number of nitrogens with zero attached hydrogens (tertiary/aromatic N) is 2. The molecule has 0 aliphatic rings. The first-order chi connectivity index (χ1) is 12.3. The van der Waals surface area contributed by atoms with E-state index in [4.69, 9.17) is 9.72 Å². The minimum absolute atomic E-state index is 0.308. The second kappa shape index (κ2) is 6.83. The normalized spacial score (nSPS) is 12.8.